The predicted octanol–water partition coefficient (Wildman–Crippen LogP) is 2.57. The van der Waals surface area contributed by atoms with Crippen molar-refractivity contribution >= 4 is 0 Å². The van der Waals surface area contributed by atoms with Crippen molar-refractivity contribution in [1.82, 2.24) is 14.9 Å². The van der Waals surface area contributed by atoms with E-state index in [0.717, 1.165) is 25.2 Å². The van der Waals surface area contributed by atoms with Crippen LogP contribution in [-0.4, -0.2) is 22.6 Å². The van der Waals surface area contributed by atoms with Crippen molar-refractivity contribution in [2.75, 3.05) is 13.1 Å². The van der Waals surface area contributed by atoms with Gasteiger partial charge in [-0.1, -0.05) is 6.92 Å². The molecule has 100 valence electrons. The van der Waals surface area contributed by atoms with Crippen LogP contribution in [0.5, 0.6) is 0 Å². The number of aryl methyl sites for hydroxylation is 1. The summed E-state index contributed by atoms with van der Waals surface area (Å²) >= 11 is 0. The molecule has 0 bridgehead atoms. The molecule has 0 saturated carbocycles. The Bertz CT molecular complexity index is 597. The van der Waals surface area contributed by atoms with E-state index in [9.17, 15) is 4.39 Å². The molecule has 0 aliphatic carbocycles. The first-order valence-electron chi connectivity index (χ1n) is 6.60. The summed E-state index contributed by atoms with van der Waals surface area (Å²) in [5.74, 6) is -0.167. The Balaban J connectivity index is 2.06. The van der Waals surface area contributed by atoms with Crippen LogP contribution in [-0.2, 0) is 5.41 Å². The van der Waals surface area contributed by atoms with Crippen LogP contribution in [0, 0.1) is 12.7 Å². The second kappa shape index (κ2) is 4.46. The van der Waals surface area contributed by atoms with Crippen molar-refractivity contribution in [3.63, 3.8) is 0 Å². The normalized spacial score (nSPS) is 22.9. The van der Waals surface area contributed by atoms with E-state index in [1.807, 2.05) is 18.6 Å². The molecule has 1 atom stereocenters. The summed E-state index contributed by atoms with van der Waals surface area (Å²) in [5.41, 5.74) is 2.91. The highest BCUT2D eigenvalue weighted by molar-refractivity contribution is 5.39. The second-order valence-electron chi connectivity index (χ2n) is 5.57. The molecule has 1 aromatic carbocycles. The van der Waals surface area contributed by atoms with E-state index in [4.69, 9.17) is 0 Å². The zero-order chi connectivity index (χ0) is 13.5. The summed E-state index contributed by atoms with van der Waals surface area (Å²) in [6, 6.07) is 5.19. The summed E-state index contributed by atoms with van der Waals surface area (Å²) in [4.78, 5) is 4.28. The number of halogens is 1. The first-order chi connectivity index (χ1) is 9.10. The van der Waals surface area contributed by atoms with Crippen molar-refractivity contribution in [2.45, 2.75) is 25.7 Å². The highest BCUT2D eigenvalue weighted by Crippen LogP contribution is 2.31. The van der Waals surface area contributed by atoms with Gasteiger partial charge in [0.1, 0.15) is 5.82 Å². The predicted molar refractivity (Wildman–Crippen MR) is 73.1 cm³/mol. The lowest BCUT2D eigenvalue weighted by Crippen LogP contribution is -2.27. The lowest BCUT2D eigenvalue weighted by atomic mass is 9.86. The maximum Gasteiger partial charge on any atom is 0.126 e. The fourth-order valence-electron chi connectivity index (χ4n) is 2.76. The molecule has 1 aliphatic heterocycles. The van der Waals surface area contributed by atoms with Gasteiger partial charge in [-0.15, -0.1) is 0 Å². The van der Waals surface area contributed by atoms with Crippen LogP contribution in [0.1, 0.15) is 24.6 Å². The van der Waals surface area contributed by atoms with Crippen molar-refractivity contribution < 1.29 is 4.39 Å². The molecular weight excluding hydrogens is 241 g/mol. The molecule has 0 amide bonds. The molecular formula is C15H18FN3. The molecule has 1 fully saturated rings. The molecule has 1 aromatic heterocycles. The first-order valence-corrected chi connectivity index (χ1v) is 6.60. The number of nitrogens with one attached hydrogen (secondary N) is 1. The van der Waals surface area contributed by atoms with Crippen LogP contribution in [0.2, 0.25) is 0 Å². The number of hydrogen-bond donors (Lipinski definition) is 1. The van der Waals surface area contributed by atoms with Crippen molar-refractivity contribution in [3.8, 4) is 5.69 Å². The van der Waals surface area contributed by atoms with E-state index < -0.39 is 0 Å². The van der Waals surface area contributed by atoms with Gasteiger partial charge in [-0.3, -0.25) is 0 Å². The van der Waals surface area contributed by atoms with E-state index in [0.29, 0.717) is 5.56 Å². The quantitative estimate of drug-likeness (QED) is 0.898. The summed E-state index contributed by atoms with van der Waals surface area (Å²) in [6.07, 6.45) is 4.83. The van der Waals surface area contributed by atoms with Crippen LogP contribution in [0.15, 0.2) is 30.7 Å². The van der Waals surface area contributed by atoms with Gasteiger partial charge in [0.05, 0.1) is 6.33 Å². The monoisotopic (exact) mass is 259 g/mol. The number of hydrogen-bond acceptors (Lipinski definition) is 2. The van der Waals surface area contributed by atoms with Gasteiger partial charge in [-0.2, -0.15) is 0 Å². The molecule has 3 rings (SSSR count). The lowest BCUT2D eigenvalue weighted by Gasteiger charge is -2.24. The standard InChI is InChI=1S/C15H18FN3/c1-11-7-12(3-4-13(11)16)19-10-18-8-14(19)15(2)5-6-17-9-15/h3-4,7-8,10,17H,5-6,9H2,1-2H3. The topological polar surface area (TPSA) is 29.9 Å². The zero-order valence-electron chi connectivity index (χ0n) is 11.3. The smallest absolute Gasteiger partial charge is 0.126 e. The molecule has 2 aromatic rings. The van der Waals surface area contributed by atoms with E-state index in [1.165, 1.54) is 11.8 Å². The third kappa shape index (κ3) is 2.06. The Kier molecular flexibility index (Phi) is 2.90. The minimum Gasteiger partial charge on any atom is -0.316 e. The van der Waals surface area contributed by atoms with E-state index in [1.54, 1.807) is 13.0 Å². The Hall–Kier alpha value is -1.68. The van der Waals surface area contributed by atoms with Crippen LogP contribution >= 0.6 is 0 Å². The lowest BCUT2D eigenvalue weighted by molar-refractivity contribution is 0.498. The van der Waals surface area contributed by atoms with Crippen LogP contribution < -0.4 is 5.32 Å². The molecule has 1 unspecified atom stereocenters. The third-order valence-corrected chi connectivity index (χ3v) is 4.05. The summed E-state index contributed by atoms with van der Waals surface area (Å²) in [6.45, 7) is 6.02. The van der Waals surface area contributed by atoms with Gasteiger partial charge in [0.2, 0.25) is 0 Å². The number of nitrogens with zero attached hydrogens (tertiary/aromatic N) is 2. The first kappa shape index (κ1) is 12.4. The van der Waals surface area contributed by atoms with Gasteiger partial charge in [-0.25, -0.2) is 9.37 Å². The molecule has 19 heavy (non-hydrogen) atoms. The number of benzene rings is 1. The van der Waals surface area contributed by atoms with Crippen molar-refractivity contribution in [2.24, 2.45) is 0 Å². The summed E-state index contributed by atoms with van der Waals surface area (Å²) in [5, 5.41) is 3.40. The number of aromatic nitrogens is 2. The van der Waals surface area contributed by atoms with Gasteiger partial charge in [0.15, 0.2) is 0 Å². The van der Waals surface area contributed by atoms with Crippen molar-refractivity contribution in [1.29, 1.82) is 0 Å². The Morgan fingerprint density at radius 3 is 2.95 bits per heavy atom. The second-order valence-corrected chi connectivity index (χ2v) is 5.57. The molecule has 1 N–H and O–H groups in total. The average molecular weight is 259 g/mol. The maximum absolute atomic E-state index is 13.4. The van der Waals surface area contributed by atoms with Gasteiger partial charge in [-0.05, 0) is 43.7 Å². The fourth-order valence-corrected chi connectivity index (χ4v) is 2.76. The Labute approximate surface area is 112 Å². The highest BCUT2D eigenvalue weighted by atomic mass is 19.1. The minimum absolute atomic E-state index is 0.0960. The van der Waals surface area contributed by atoms with E-state index in [2.05, 4.69) is 21.8 Å². The van der Waals surface area contributed by atoms with Gasteiger partial charge in [0, 0.05) is 29.5 Å². The van der Waals surface area contributed by atoms with Gasteiger partial charge < -0.3 is 9.88 Å². The summed E-state index contributed by atoms with van der Waals surface area (Å²) in [7, 11) is 0. The molecule has 0 spiro atoms. The maximum atomic E-state index is 13.4. The SMILES string of the molecule is Cc1cc(-n2cncc2C2(C)CCNC2)ccc1F. The fraction of sp³-hybridized carbons (Fsp3) is 0.400. The van der Waals surface area contributed by atoms with Gasteiger partial charge in [0.25, 0.3) is 0 Å². The van der Waals surface area contributed by atoms with Crippen LogP contribution in [0.4, 0.5) is 4.39 Å². The molecule has 3 nitrogen and oxygen atoms in total. The van der Waals surface area contributed by atoms with Crippen LogP contribution in [0.25, 0.3) is 5.69 Å². The molecule has 1 aliphatic rings. The molecule has 4 heteroatoms. The highest BCUT2D eigenvalue weighted by Gasteiger charge is 2.33. The molecule has 2 heterocycles. The summed E-state index contributed by atoms with van der Waals surface area (Å²) < 4.78 is 15.5. The third-order valence-electron chi connectivity index (χ3n) is 4.05. The van der Waals surface area contributed by atoms with E-state index in [-0.39, 0.29) is 11.2 Å². The Morgan fingerprint density at radius 1 is 1.42 bits per heavy atom. The van der Waals surface area contributed by atoms with Crippen molar-refractivity contribution in [3.05, 3.63) is 47.8 Å². The molecule has 0 radical (unpaired) electrons. The number of rotatable bonds is 2. The molecule has 1 saturated heterocycles. The average Bonchev–Trinajstić information content (AvgIpc) is 3.02. The van der Waals surface area contributed by atoms with E-state index >= 15 is 0 Å². The van der Waals surface area contributed by atoms with Gasteiger partial charge >= 0.3 is 0 Å². The largest absolute Gasteiger partial charge is 0.316 e. The minimum atomic E-state index is -0.167. The van der Waals surface area contributed by atoms with Crippen LogP contribution in [0.3, 0.4) is 0 Å². The zero-order valence-corrected chi connectivity index (χ0v) is 11.3. The number of imidazole rings is 1. The Morgan fingerprint density at radius 2 is 2.26 bits per heavy atom.